The van der Waals surface area contributed by atoms with Gasteiger partial charge < -0.3 is 15.4 Å². The molecule has 1 fully saturated rings. The molecule has 0 radical (unpaired) electrons. The maximum atomic E-state index is 12.0. The van der Waals surface area contributed by atoms with Gasteiger partial charge in [-0.1, -0.05) is 19.8 Å². The van der Waals surface area contributed by atoms with E-state index in [1.54, 1.807) is 18.3 Å². The Balaban J connectivity index is 1.80. The van der Waals surface area contributed by atoms with Crippen molar-refractivity contribution in [3.8, 4) is 0 Å². The fourth-order valence-corrected chi connectivity index (χ4v) is 2.37. The molecule has 0 aliphatic carbocycles. The average molecular weight is 291 g/mol. The minimum atomic E-state index is -0.0336. The van der Waals surface area contributed by atoms with E-state index in [-0.39, 0.29) is 12.0 Å². The normalized spacial score (nSPS) is 17.7. The molecule has 5 heteroatoms. The first-order valence-corrected chi connectivity index (χ1v) is 7.89. The summed E-state index contributed by atoms with van der Waals surface area (Å²) in [5.74, 6) is 0.695. The summed E-state index contributed by atoms with van der Waals surface area (Å²) in [5, 5.41) is 6.18. The maximum Gasteiger partial charge on any atom is 0.251 e. The van der Waals surface area contributed by atoms with Crippen molar-refractivity contribution in [2.24, 2.45) is 0 Å². The molecule has 2 heterocycles. The molecule has 1 aromatic heterocycles. The van der Waals surface area contributed by atoms with E-state index in [0.29, 0.717) is 5.56 Å². The minimum Gasteiger partial charge on any atom is -0.376 e. The molecule has 0 bridgehead atoms. The van der Waals surface area contributed by atoms with Crippen molar-refractivity contribution >= 4 is 11.7 Å². The van der Waals surface area contributed by atoms with Crippen molar-refractivity contribution in [1.82, 2.24) is 10.3 Å². The third-order valence-electron chi connectivity index (χ3n) is 3.62. The number of hydrogen-bond acceptors (Lipinski definition) is 4. The van der Waals surface area contributed by atoms with Crippen LogP contribution in [0, 0.1) is 0 Å². The van der Waals surface area contributed by atoms with Gasteiger partial charge in [-0.15, -0.1) is 0 Å². The predicted molar refractivity (Wildman–Crippen MR) is 83.6 cm³/mol. The van der Waals surface area contributed by atoms with Crippen LogP contribution in [0.25, 0.3) is 0 Å². The predicted octanol–water partition coefficient (Wildman–Crippen LogP) is 2.59. The molecule has 1 aliphatic rings. The van der Waals surface area contributed by atoms with Crippen LogP contribution in [0.15, 0.2) is 18.3 Å². The number of unbranched alkanes of at least 4 members (excludes halogenated alkanes) is 2. The summed E-state index contributed by atoms with van der Waals surface area (Å²) in [6.45, 7) is 4.47. The van der Waals surface area contributed by atoms with Gasteiger partial charge in [0.15, 0.2) is 0 Å². The number of carbonyl (C=O) groups is 1. The highest BCUT2D eigenvalue weighted by atomic mass is 16.5. The third-order valence-corrected chi connectivity index (χ3v) is 3.62. The highest BCUT2D eigenvalue weighted by Crippen LogP contribution is 2.13. The molecule has 1 unspecified atom stereocenters. The van der Waals surface area contributed by atoms with Crippen molar-refractivity contribution in [3.05, 3.63) is 23.9 Å². The zero-order chi connectivity index (χ0) is 14.9. The van der Waals surface area contributed by atoms with E-state index in [1.807, 2.05) is 0 Å². The van der Waals surface area contributed by atoms with Crippen LogP contribution in [0.5, 0.6) is 0 Å². The van der Waals surface area contributed by atoms with Crippen molar-refractivity contribution in [1.29, 1.82) is 0 Å². The van der Waals surface area contributed by atoms with Crippen molar-refractivity contribution in [3.63, 3.8) is 0 Å². The van der Waals surface area contributed by atoms with Crippen molar-refractivity contribution < 1.29 is 9.53 Å². The molecule has 5 nitrogen and oxygen atoms in total. The molecule has 2 N–H and O–H groups in total. The van der Waals surface area contributed by atoms with Gasteiger partial charge in [-0.05, 0) is 31.4 Å². The van der Waals surface area contributed by atoms with Gasteiger partial charge in [0.25, 0.3) is 5.91 Å². The second-order valence-electron chi connectivity index (χ2n) is 5.41. The Labute approximate surface area is 126 Å². The number of nitrogens with zero attached hydrogens (tertiary/aromatic N) is 1. The Kier molecular flexibility index (Phi) is 6.47. The number of hydrogen-bond donors (Lipinski definition) is 2. The number of aromatic nitrogens is 1. The summed E-state index contributed by atoms with van der Waals surface area (Å²) in [6.07, 6.45) is 7.46. The lowest BCUT2D eigenvalue weighted by atomic mass is 10.2. The van der Waals surface area contributed by atoms with Crippen LogP contribution >= 0.6 is 0 Å². The molecule has 0 spiro atoms. The van der Waals surface area contributed by atoms with E-state index >= 15 is 0 Å². The summed E-state index contributed by atoms with van der Waals surface area (Å²) < 4.78 is 5.56. The van der Waals surface area contributed by atoms with Gasteiger partial charge in [0.2, 0.25) is 0 Å². The number of amides is 1. The monoisotopic (exact) mass is 291 g/mol. The van der Waals surface area contributed by atoms with Gasteiger partial charge in [0.1, 0.15) is 5.82 Å². The zero-order valence-electron chi connectivity index (χ0n) is 12.7. The van der Waals surface area contributed by atoms with Gasteiger partial charge in [-0.25, -0.2) is 4.98 Å². The molecule has 116 valence electrons. The van der Waals surface area contributed by atoms with E-state index < -0.39 is 0 Å². The van der Waals surface area contributed by atoms with Crippen LogP contribution in [0.4, 0.5) is 5.82 Å². The lowest BCUT2D eigenvalue weighted by Gasteiger charge is -2.12. The molecular formula is C16H25N3O2. The van der Waals surface area contributed by atoms with Gasteiger partial charge in [0, 0.05) is 31.5 Å². The smallest absolute Gasteiger partial charge is 0.251 e. The van der Waals surface area contributed by atoms with Crippen LogP contribution in [0.2, 0.25) is 0 Å². The third kappa shape index (κ3) is 5.34. The highest BCUT2D eigenvalue weighted by molar-refractivity contribution is 5.94. The van der Waals surface area contributed by atoms with E-state index in [0.717, 1.165) is 57.6 Å². The Morgan fingerprint density at radius 2 is 2.38 bits per heavy atom. The second-order valence-corrected chi connectivity index (χ2v) is 5.41. The quantitative estimate of drug-likeness (QED) is 0.723. The van der Waals surface area contributed by atoms with Crippen LogP contribution in [0.1, 0.15) is 49.4 Å². The summed E-state index contributed by atoms with van der Waals surface area (Å²) in [4.78, 5) is 16.3. The standard InChI is InChI=1S/C16H25N3O2/c1-2-3-4-8-18-16(20)13-7-9-17-15(11-13)19-12-14-6-5-10-21-14/h7,9,11,14H,2-6,8,10,12H2,1H3,(H,17,19)(H,18,20). The molecule has 1 atom stereocenters. The van der Waals surface area contributed by atoms with E-state index in [1.165, 1.54) is 0 Å². The zero-order valence-corrected chi connectivity index (χ0v) is 12.7. The number of rotatable bonds is 8. The van der Waals surface area contributed by atoms with Gasteiger partial charge in [-0.3, -0.25) is 4.79 Å². The molecule has 1 amide bonds. The van der Waals surface area contributed by atoms with Gasteiger partial charge >= 0.3 is 0 Å². The molecule has 1 aliphatic heterocycles. The SMILES string of the molecule is CCCCCNC(=O)c1ccnc(NCC2CCCO2)c1. The average Bonchev–Trinajstić information content (AvgIpc) is 3.03. The van der Waals surface area contributed by atoms with Gasteiger partial charge in [-0.2, -0.15) is 0 Å². The Morgan fingerprint density at radius 3 is 3.14 bits per heavy atom. The van der Waals surface area contributed by atoms with Crippen molar-refractivity contribution in [2.45, 2.75) is 45.1 Å². The first-order valence-electron chi connectivity index (χ1n) is 7.89. The Morgan fingerprint density at radius 1 is 1.48 bits per heavy atom. The highest BCUT2D eigenvalue weighted by Gasteiger charge is 2.15. The summed E-state index contributed by atoms with van der Waals surface area (Å²) in [5.41, 5.74) is 0.649. The molecular weight excluding hydrogens is 266 g/mol. The van der Waals surface area contributed by atoms with Crippen LogP contribution < -0.4 is 10.6 Å². The number of pyridine rings is 1. The first-order chi connectivity index (χ1) is 10.3. The van der Waals surface area contributed by atoms with E-state index in [2.05, 4.69) is 22.5 Å². The van der Waals surface area contributed by atoms with Crippen LogP contribution in [0.3, 0.4) is 0 Å². The molecule has 0 saturated carbocycles. The molecule has 1 saturated heterocycles. The molecule has 0 aromatic carbocycles. The minimum absolute atomic E-state index is 0.0336. The number of anilines is 1. The fourth-order valence-electron chi connectivity index (χ4n) is 2.37. The number of ether oxygens (including phenoxy) is 1. The van der Waals surface area contributed by atoms with E-state index in [9.17, 15) is 4.79 Å². The van der Waals surface area contributed by atoms with Crippen LogP contribution in [-0.2, 0) is 4.74 Å². The largest absolute Gasteiger partial charge is 0.376 e. The topological polar surface area (TPSA) is 63.2 Å². The Bertz CT molecular complexity index is 445. The molecule has 2 rings (SSSR count). The van der Waals surface area contributed by atoms with E-state index in [4.69, 9.17) is 4.74 Å². The number of nitrogens with one attached hydrogen (secondary N) is 2. The summed E-state index contributed by atoms with van der Waals surface area (Å²) in [6, 6.07) is 3.54. The maximum absolute atomic E-state index is 12.0. The lowest BCUT2D eigenvalue weighted by Crippen LogP contribution is -2.25. The molecule has 21 heavy (non-hydrogen) atoms. The Hall–Kier alpha value is -1.62. The fraction of sp³-hybridized carbons (Fsp3) is 0.625. The lowest BCUT2D eigenvalue weighted by molar-refractivity contribution is 0.0953. The van der Waals surface area contributed by atoms with Crippen LogP contribution in [-0.4, -0.2) is 36.7 Å². The molecule has 1 aromatic rings. The second kappa shape index (κ2) is 8.62. The number of carbonyl (C=O) groups excluding carboxylic acids is 1. The first kappa shape index (κ1) is 15.8. The van der Waals surface area contributed by atoms with Gasteiger partial charge in [0.05, 0.1) is 6.10 Å². The summed E-state index contributed by atoms with van der Waals surface area (Å²) >= 11 is 0. The summed E-state index contributed by atoms with van der Waals surface area (Å²) in [7, 11) is 0. The van der Waals surface area contributed by atoms with Crippen molar-refractivity contribution in [2.75, 3.05) is 25.0 Å².